The van der Waals surface area contributed by atoms with Crippen LogP contribution in [-0.4, -0.2) is 18.5 Å². The Hall–Kier alpha value is -2.05. The first-order chi connectivity index (χ1) is 9.95. The Bertz CT molecular complexity index is 665. The summed E-state index contributed by atoms with van der Waals surface area (Å²) in [6, 6.07) is 8.23. The molecule has 2 rings (SSSR count). The van der Waals surface area contributed by atoms with Crippen molar-refractivity contribution < 1.29 is 14.3 Å². The summed E-state index contributed by atoms with van der Waals surface area (Å²) in [5, 5.41) is 3.09. The van der Waals surface area contributed by atoms with E-state index in [0.717, 1.165) is 4.88 Å². The molecule has 7 heteroatoms. The maximum Gasteiger partial charge on any atom is 0.348 e. The summed E-state index contributed by atoms with van der Waals surface area (Å²) < 4.78 is 4.93. The second kappa shape index (κ2) is 6.60. The third-order valence-electron chi connectivity index (χ3n) is 2.60. The van der Waals surface area contributed by atoms with E-state index in [2.05, 4.69) is 5.32 Å². The molecule has 0 unspecified atom stereocenters. The molecule has 0 saturated heterocycles. The summed E-state index contributed by atoms with van der Waals surface area (Å²) in [6.07, 6.45) is 0. The molecule has 2 aromatic rings. The van der Waals surface area contributed by atoms with Crippen LogP contribution in [0.4, 0.5) is 11.4 Å². The molecule has 0 spiro atoms. The number of rotatable bonds is 4. The Morgan fingerprint density at radius 1 is 1.38 bits per heavy atom. The summed E-state index contributed by atoms with van der Waals surface area (Å²) in [6.45, 7) is 1.44. The molecule has 0 fully saturated rings. The molecule has 110 valence electrons. The largest absolute Gasteiger partial charge is 0.451 e. The van der Waals surface area contributed by atoms with Crippen LogP contribution in [-0.2, 0) is 9.53 Å². The number of halogens is 1. The zero-order valence-electron chi connectivity index (χ0n) is 11.2. The number of carbonyl (C=O) groups is 2. The van der Waals surface area contributed by atoms with E-state index in [4.69, 9.17) is 22.1 Å². The lowest BCUT2D eigenvalue weighted by Crippen LogP contribution is -2.20. The average Bonchev–Trinajstić information content (AvgIpc) is 2.76. The average molecular weight is 325 g/mol. The number of hydrogen-bond donors (Lipinski definition) is 2. The first-order valence-corrected chi connectivity index (χ1v) is 7.23. The minimum absolute atomic E-state index is 0.373. The number of hydrogen-bond acceptors (Lipinski definition) is 5. The van der Waals surface area contributed by atoms with E-state index >= 15 is 0 Å². The van der Waals surface area contributed by atoms with E-state index in [1.807, 2.05) is 6.92 Å². The Kier molecular flexibility index (Phi) is 4.82. The van der Waals surface area contributed by atoms with Crippen LogP contribution in [0.2, 0.25) is 5.02 Å². The van der Waals surface area contributed by atoms with Crippen LogP contribution in [0.15, 0.2) is 30.3 Å². The van der Waals surface area contributed by atoms with Gasteiger partial charge < -0.3 is 15.8 Å². The Morgan fingerprint density at radius 3 is 2.76 bits per heavy atom. The van der Waals surface area contributed by atoms with Gasteiger partial charge in [0.1, 0.15) is 4.88 Å². The number of carbonyl (C=O) groups excluding carboxylic acids is 2. The maximum absolute atomic E-state index is 11.8. The van der Waals surface area contributed by atoms with Gasteiger partial charge in [0.25, 0.3) is 5.91 Å². The van der Waals surface area contributed by atoms with Gasteiger partial charge in [0.15, 0.2) is 6.61 Å². The number of nitrogens with one attached hydrogen (secondary N) is 1. The summed E-state index contributed by atoms with van der Waals surface area (Å²) in [5.74, 6) is -1.01. The lowest BCUT2D eigenvalue weighted by Gasteiger charge is -2.06. The molecule has 21 heavy (non-hydrogen) atoms. The molecule has 0 aliphatic rings. The van der Waals surface area contributed by atoms with E-state index in [-0.39, 0.29) is 6.61 Å². The smallest absolute Gasteiger partial charge is 0.348 e. The quantitative estimate of drug-likeness (QED) is 0.847. The van der Waals surface area contributed by atoms with Crippen LogP contribution in [0.25, 0.3) is 0 Å². The highest BCUT2D eigenvalue weighted by atomic mass is 35.5. The van der Waals surface area contributed by atoms with E-state index in [1.165, 1.54) is 17.4 Å². The second-order valence-electron chi connectivity index (χ2n) is 4.26. The number of ether oxygens (including phenoxy) is 1. The number of nitrogen functional groups attached to an aromatic ring is 1. The van der Waals surface area contributed by atoms with Crippen molar-refractivity contribution in [3.8, 4) is 0 Å². The number of benzene rings is 1. The van der Waals surface area contributed by atoms with Crippen LogP contribution in [0.5, 0.6) is 0 Å². The summed E-state index contributed by atoms with van der Waals surface area (Å²) in [7, 11) is 0. The number of anilines is 2. The van der Waals surface area contributed by atoms with Gasteiger partial charge in [0.2, 0.25) is 0 Å². The second-order valence-corrected chi connectivity index (χ2v) is 5.95. The minimum Gasteiger partial charge on any atom is -0.451 e. The Balaban J connectivity index is 1.88. The fourth-order valence-corrected chi connectivity index (χ4v) is 2.59. The molecule has 0 aliphatic heterocycles. The highest BCUT2D eigenvalue weighted by Gasteiger charge is 2.14. The Morgan fingerprint density at radius 2 is 2.14 bits per heavy atom. The molecule has 0 saturated carbocycles. The van der Waals surface area contributed by atoms with Crippen molar-refractivity contribution in [3.05, 3.63) is 45.1 Å². The van der Waals surface area contributed by atoms with Gasteiger partial charge in [0.05, 0.1) is 0 Å². The van der Waals surface area contributed by atoms with Gasteiger partial charge in [-0.05, 0) is 31.2 Å². The normalized spacial score (nSPS) is 10.2. The summed E-state index contributed by atoms with van der Waals surface area (Å²) in [4.78, 5) is 24.6. The molecule has 0 atom stereocenters. The lowest BCUT2D eigenvalue weighted by molar-refractivity contribution is -0.119. The van der Waals surface area contributed by atoms with E-state index in [9.17, 15) is 9.59 Å². The fraction of sp³-hybridized carbons (Fsp3) is 0.143. The molecular formula is C14H13ClN2O3S. The van der Waals surface area contributed by atoms with Crippen LogP contribution in [0.1, 0.15) is 14.5 Å². The molecule has 1 heterocycles. The van der Waals surface area contributed by atoms with E-state index < -0.39 is 11.9 Å². The van der Waals surface area contributed by atoms with Crippen molar-refractivity contribution in [3.63, 3.8) is 0 Å². The van der Waals surface area contributed by atoms with Crippen LogP contribution in [0.3, 0.4) is 0 Å². The van der Waals surface area contributed by atoms with Gasteiger partial charge in [-0.1, -0.05) is 17.7 Å². The predicted molar refractivity (Wildman–Crippen MR) is 83.8 cm³/mol. The van der Waals surface area contributed by atoms with Gasteiger partial charge in [-0.15, -0.1) is 11.3 Å². The number of esters is 1. The van der Waals surface area contributed by atoms with Gasteiger partial charge in [-0.3, -0.25) is 4.79 Å². The Labute approximate surface area is 130 Å². The van der Waals surface area contributed by atoms with Crippen molar-refractivity contribution in [1.82, 2.24) is 0 Å². The van der Waals surface area contributed by atoms with Crippen molar-refractivity contribution in [2.75, 3.05) is 17.7 Å². The molecule has 1 amide bonds. The standard InChI is InChI=1S/C14H13ClN2O3S/c1-8-11(16)6-12(21-8)14(19)20-7-13(18)17-10-4-2-3-9(15)5-10/h2-6H,7,16H2,1H3,(H,17,18). The fourth-order valence-electron chi connectivity index (χ4n) is 1.56. The maximum atomic E-state index is 11.8. The number of aryl methyl sites for hydroxylation is 1. The predicted octanol–water partition coefficient (Wildman–Crippen LogP) is 3.09. The molecule has 1 aromatic carbocycles. The van der Waals surface area contributed by atoms with Crippen LogP contribution < -0.4 is 11.1 Å². The van der Waals surface area contributed by atoms with Crippen molar-refractivity contribution in [2.45, 2.75) is 6.92 Å². The zero-order valence-corrected chi connectivity index (χ0v) is 12.8. The van der Waals surface area contributed by atoms with Crippen molar-refractivity contribution in [1.29, 1.82) is 0 Å². The van der Waals surface area contributed by atoms with Crippen molar-refractivity contribution >= 4 is 46.2 Å². The first-order valence-electron chi connectivity index (χ1n) is 6.04. The van der Waals surface area contributed by atoms with E-state index in [1.54, 1.807) is 24.3 Å². The molecule has 1 aromatic heterocycles. The van der Waals surface area contributed by atoms with Gasteiger partial charge in [-0.2, -0.15) is 0 Å². The van der Waals surface area contributed by atoms with Crippen molar-refractivity contribution in [2.24, 2.45) is 0 Å². The van der Waals surface area contributed by atoms with Crippen LogP contribution in [0, 0.1) is 6.92 Å². The molecule has 0 radical (unpaired) electrons. The third-order valence-corrected chi connectivity index (χ3v) is 3.88. The van der Waals surface area contributed by atoms with Gasteiger partial charge in [0, 0.05) is 21.3 Å². The van der Waals surface area contributed by atoms with E-state index in [0.29, 0.717) is 21.3 Å². The molecule has 3 N–H and O–H groups in total. The lowest BCUT2D eigenvalue weighted by atomic mass is 10.3. The molecule has 0 bridgehead atoms. The monoisotopic (exact) mass is 324 g/mol. The molecular weight excluding hydrogens is 312 g/mol. The minimum atomic E-state index is -0.568. The molecule has 0 aliphatic carbocycles. The summed E-state index contributed by atoms with van der Waals surface area (Å²) in [5.41, 5.74) is 6.74. The summed E-state index contributed by atoms with van der Waals surface area (Å²) >= 11 is 7.04. The van der Waals surface area contributed by atoms with Gasteiger partial charge >= 0.3 is 5.97 Å². The molecule has 5 nitrogen and oxygen atoms in total. The van der Waals surface area contributed by atoms with Gasteiger partial charge in [-0.25, -0.2) is 4.79 Å². The number of amides is 1. The first kappa shape index (κ1) is 15.3. The highest BCUT2D eigenvalue weighted by molar-refractivity contribution is 7.14. The zero-order chi connectivity index (χ0) is 15.4. The highest BCUT2D eigenvalue weighted by Crippen LogP contribution is 2.24. The topological polar surface area (TPSA) is 81.4 Å². The number of nitrogens with two attached hydrogens (primary N) is 1. The third kappa shape index (κ3) is 4.21. The SMILES string of the molecule is Cc1sc(C(=O)OCC(=O)Nc2cccc(Cl)c2)cc1N. The van der Waals surface area contributed by atoms with Crippen LogP contribution >= 0.6 is 22.9 Å². The number of thiophene rings is 1.